The van der Waals surface area contributed by atoms with E-state index in [0.29, 0.717) is 16.5 Å². The van der Waals surface area contributed by atoms with Crippen molar-refractivity contribution in [2.45, 2.75) is 18.6 Å². The molecule has 0 spiro atoms. The number of aromatic nitrogens is 1. The monoisotopic (exact) mass is 277 g/mol. The van der Waals surface area contributed by atoms with Gasteiger partial charge in [-0.2, -0.15) is 0 Å². The number of Topliss-reactive ketones (excluding diaryl/α,β-unsaturated/α-hetero) is 1. The van der Waals surface area contributed by atoms with E-state index in [9.17, 15) is 13.2 Å². The second-order valence-electron chi connectivity index (χ2n) is 4.99. The van der Waals surface area contributed by atoms with Crippen molar-refractivity contribution < 1.29 is 13.2 Å². The van der Waals surface area contributed by atoms with Crippen LogP contribution in [0.1, 0.15) is 24.2 Å². The number of hydrogen-bond acceptors (Lipinski definition) is 4. The fourth-order valence-corrected chi connectivity index (χ4v) is 2.24. The Morgan fingerprint density at radius 1 is 1.16 bits per heavy atom. The molecular weight excluding hydrogens is 262 g/mol. The van der Waals surface area contributed by atoms with E-state index in [1.165, 1.54) is 13.8 Å². The predicted octanol–water partition coefficient (Wildman–Crippen LogP) is 2.24. The number of sulfone groups is 1. The number of hydrogen-bond donors (Lipinski definition) is 0. The van der Waals surface area contributed by atoms with Gasteiger partial charge < -0.3 is 0 Å². The van der Waals surface area contributed by atoms with Gasteiger partial charge in [0, 0.05) is 23.4 Å². The van der Waals surface area contributed by atoms with Gasteiger partial charge in [-0.3, -0.25) is 9.78 Å². The van der Waals surface area contributed by atoms with Crippen molar-refractivity contribution in [1.29, 1.82) is 0 Å². The molecule has 2 aromatic rings. The number of carbonyl (C=O) groups is 1. The molecule has 0 aliphatic heterocycles. The molecule has 1 aromatic carbocycles. The van der Waals surface area contributed by atoms with E-state index in [2.05, 4.69) is 4.98 Å². The van der Waals surface area contributed by atoms with Gasteiger partial charge in [-0.1, -0.05) is 18.2 Å². The number of nitrogens with zero attached hydrogens (tertiary/aromatic N) is 1. The topological polar surface area (TPSA) is 64.1 Å². The van der Waals surface area contributed by atoms with Crippen LogP contribution in [0.4, 0.5) is 0 Å². The summed E-state index contributed by atoms with van der Waals surface area (Å²) >= 11 is 0. The van der Waals surface area contributed by atoms with Gasteiger partial charge in [0.15, 0.2) is 15.6 Å². The number of benzene rings is 1. The van der Waals surface area contributed by atoms with Crippen LogP contribution in [0.15, 0.2) is 36.5 Å². The average Bonchev–Trinajstić information content (AvgIpc) is 2.36. The first kappa shape index (κ1) is 13.7. The Bertz CT molecular complexity index is 743. The molecule has 4 nitrogen and oxygen atoms in total. The maximum Gasteiger partial charge on any atom is 0.184 e. The molecular formula is C14H15NO3S. The quantitative estimate of drug-likeness (QED) is 0.807. The maximum atomic E-state index is 12.5. The first-order valence-electron chi connectivity index (χ1n) is 5.83. The van der Waals surface area contributed by atoms with Gasteiger partial charge in [-0.15, -0.1) is 0 Å². The highest BCUT2D eigenvalue weighted by molar-refractivity contribution is 7.92. The number of rotatable bonds is 3. The van der Waals surface area contributed by atoms with Crippen LogP contribution in [0.5, 0.6) is 0 Å². The van der Waals surface area contributed by atoms with Crippen LogP contribution in [0, 0.1) is 0 Å². The summed E-state index contributed by atoms with van der Waals surface area (Å²) in [5.41, 5.74) is 1.07. The van der Waals surface area contributed by atoms with Crippen molar-refractivity contribution >= 4 is 26.5 Å². The summed E-state index contributed by atoms with van der Waals surface area (Å²) in [5, 5.41) is 0.673. The van der Waals surface area contributed by atoms with E-state index in [0.717, 1.165) is 6.26 Å². The van der Waals surface area contributed by atoms with Gasteiger partial charge in [-0.25, -0.2) is 8.42 Å². The van der Waals surface area contributed by atoms with Gasteiger partial charge in [0.25, 0.3) is 0 Å². The van der Waals surface area contributed by atoms with Crippen LogP contribution >= 0.6 is 0 Å². The Labute approximate surface area is 112 Å². The van der Waals surface area contributed by atoms with Crippen molar-refractivity contribution in [2.75, 3.05) is 6.26 Å². The molecule has 0 fully saturated rings. The molecule has 0 bridgehead atoms. The molecule has 100 valence electrons. The Morgan fingerprint density at radius 2 is 1.84 bits per heavy atom. The molecule has 2 rings (SSSR count). The lowest BCUT2D eigenvalue weighted by Crippen LogP contribution is -2.40. The van der Waals surface area contributed by atoms with Crippen LogP contribution in [-0.4, -0.2) is 30.2 Å². The van der Waals surface area contributed by atoms with Gasteiger partial charge in [0.2, 0.25) is 0 Å². The lowest BCUT2D eigenvalue weighted by atomic mass is 9.96. The van der Waals surface area contributed by atoms with E-state index >= 15 is 0 Å². The third kappa shape index (κ3) is 2.26. The Hall–Kier alpha value is -1.75. The van der Waals surface area contributed by atoms with Crippen LogP contribution in [0.25, 0.3) is 10.9 Å². The molecule has 0 aliphatic rings. The van der Waals surface area contributed by atoms with Crippen LogP contribution in [-0.2, 0) is 9.84 Å². The van der Waals surface area contributed by atoms with Crippen molar-refractivity contribution in [3.8, 4) is 0 Å². The minimum atomic E-state index is -3.49. The van der Waals surface area contributed by atoms with E-state index < -0.39 is 20.4 Å². The van der Waals surface area contributed by atoms with Gasteiger partial charge in [-0.05, 0) is 26.0 Å². The van der Waals surface area contributed by atoms with Crippen molar-refractivity contribution in [1.82, 2.24) is 4.98 Å². The van der Waals surface area contributed by atoms with E-state index in [1.807, 2.05) is 0 Å². The summed E-state index contributed by atoms with van der Waals surface area (Å²) < 4.78 is 22.1. The molecule has 0 radical (unpaired) electrons. The highest BCUT2D eigenvalue weighted by atomic mass is 32.2. The summed E-state index contributed by atoms with van der Waals surface area (Å²) in [6, 6.07) is 8.64. The molecule has 0 unspecified atom stereocenters. The second-order valence-corrected chi connectivity index (χ2v) is 7.55. The SMILES string of the molecule is CC(C)(C(=O)c1cccc2ncccc12)S(C)(=O)=O. The summed E-state index contributed by atoms with van der Waals surface area (Å²) in [7, 11) is -3.49. The first-order chi connectivity index (χ1) is 8.75. The van der Waals surface area contributed by atoms with Crippen LogP contribution in [0.2, 0.25) is 0 Å². The Balaban J connectivity index is 2.67. The molecule has 0 aliphatic carbocycles. The van der Waals surface area contributed by atoms with Gasteiger partial charge in [0.1, 0.15) is 4.75 Å². The average molecular weight is 277 g/mol. The summed E-state index contributed by atoms with van der Waals surface area (Å²) in [6.07, 6.45) is 2.71. The molecule has 0 amide bonds. The Morgan fingerprint density at radius 3 is 2.47 bits per heavy atom. The molecule has 0 atom stereocenters. The van der Waals surface area contributed by atoms with Crippen molar-refractivity contribution in [3.63, 3.8) is 0 Å². The van der Waals surface area contributed by atoms with E-state index in [4.69, 9.17) is 0 Å². The molecule has 1 heterocycles. The van der Waals surface area contributed by atoms with Crippen LogP contribution < -0.4 is 0 Å². The standard InChI is InChI=1S/C14H15NO3S/c1-14(2,19(3,17)18)13(16)11-6-4-8-12-10(11)7-5-9-15-12/h4-9H,1-3H3. The summed E-state index contributed by atoms with van der Waals surface area (Å²) in [4.78, 5) is 16.7. The van der Waals surface area contributed by atoms with E-state index in [-0.39, 0.29) is 0 Å². The third-order valence-corrected chi connectivity index (χ3v) is 5.40. The number of pyridine rings is 1. The molecule has 19 heavy (non-hydrogen) atoms. The molecule has 0 N–H and O–H groups in total. The summed E-state index contributed by atoms with van der Waals surface area (Å²) in [6.45, 7) is 2.86. The van der Waals surface area contributed by atoms with Gasteiger partial charge >= 0.3 is 0 Å². The fraction of sp³-hybridized carbons (Fsp3) is 0.286. The smallest absolute Gasteiger partial charge is 0.184 e. The molecule has 0 saturated carbocycles. The van der Waals surface area contributed by atoms with Crippen molar-refractivity contribution in [3.05, 3.63) is 42.1 Å². The summed E-state index contributed by atoms with van der Waals surface area (Å²) in [5.74, 6) is -0.409. The predicted molar refractivity (Wildman–Crippen MR) is 75.0 cm³/mol. The third-order valence-electron chi connectivity index (χ3n) is 3.36. The molecule has 5 heteroatoms. The zero-order valence-corrected chi connectivity index (χ0v) is 11.9. The Kier molecular flexibility index (Phi) is 3.18. The number of fused-ring (bicyclic) bond motifs is 1. The highest BCUT2D eigenvalue weighted by Crippen LogP contribution is 2.25. The highest BCUT2D eigenvalue weighted by Gasteiger charge is 2.39. The molecule has 1 aromatic heterocycles. The molecule has 0 saturated heterocycles. The maximum absolute atomic E-state index is 12.5. The largest absolute Gasteiger partial charge is 0.292 e. The zero-order chi connectivity index (χ0) is 14.3. The number of ketones is 1. The van der Waals surface area contributed by atoms with Crippen LogP contribution in [0.3, 0.4) is 0 Å². The first-order valence-corrected chi connectivity index (χ1v) is 7.72. The fourth-order valence-electron chi connectivity index (χ4n) is 1.79. The minimum Gasteiger partial charge on any atom is -0.292 e. The lowest BCUT2D eigenvalue weighted by molar-refractivity contribution is 0.0955. The normalized spacial score (nSPS) is 12.6. The second kappa shape index (κ2) is 4.42. The van der Waals surface area contributed by atoms with Crippen molar-refractivity contribution in [2.24, 2.45) is 0 Å². The lowest BCUT2D eigenvalue weighted by Gasteiger charge is -2.21. The zero-order valence-electron chi connectivity index (χ0n) is 11.0. The van der Waals surface area contributed by atoms with E-state index in [1.54, 1.807) is 36.5 Å². The minimum absolute atomic E-state index is 0.390. The number of carbonyl (C=O) groups excluding carboxylic acids is 1. The van der Waals surface area contributed by atoms with Gasteiger partial charge in [0.05, 0.1) is 5.52 Å².